The first-order valence-electron chi connectivity index (χ1n) is 8.57. The van der Waals surface area contributed by atoms with E-state index in [0.29, 0.717) is 0 Å². The number of nitrogens with two attached hydrogens (primary N) is 1. The molecule has 114 valence electrons. The second-order valence-corrected chi connectivity index (χ2v) is 8.18. The summed E-state index contributed by atoms with van der Waals surface area (Å²) in [6.45, 7) is 4.31. The highest BCUT2D eigenvalue weighted by molar-refractivity contribution is 5.42. The molecule has 0 spiro atoms. The van der Waals surface area contributed by atoms with Gasteiger partial charge in [0.2, 0.25) is 0 Å². The fourth-order valence-corrected chi connectivity index (χ4v) is 4.99. The predicted octanol–water partition coefficient (Wildman–Crippen LogP) is 4.23. The summed E-state index contributed by atoms with van der Waals surface area (Å²) >= 11 is 0. The molecule has 0 amide bonds. The van der Waals surface area contributed by atoms with Crippen LogP contribution in [0.1, 0.15) is 63.1 Å². The van der Waals surface area contributed by atoms with Crippen LogP contribution in [0.15, 0.2) is 18.2 Å². The highest BCUT2D eigenvalue weighted by atomic mass is 16.5. The maximum atomic E-state index is 6.53. The second kappa shape index (κ2) is 4.74. The van der Waals surface area contributed by atoms with Gasteiger partial charge in [-0.3, -0.25) is 0 Å². The monoisotopic (exact) mass is 285 g/mol. The summed E-state index contributed by atoms with van der Waals surface area (Å²) in [4.78, 5) is 0. The van der Waals surface area contributed by atoms with E-state index in [1.54, 1.807) is 0 Å². The number of hydrogen-bond acceptors (Lipinski definition) is 2. The van der Waals surface area contributed by atoms with Gasteiger partial charge in [-0.05, 0) is 74.5 Å². The molecule has 1 aromatic rings. The molecule has 2 saturated carbocycles. The van der Waals surface area contributed by atoms with E-state index in [-0.39, 0.29) is 11.6 Å². The summed E-state index contributed by atoms with van der Waals surface area (Å²) in [5.41, 5.74) is 9.11. The smallest absolute Gasteiger partial charge is 0.123 e. The Bertz CT molecular complexity index is 550. The van der Waals surface area contributed by atoms with Crippen LogP contribution in [-0.4, -0.2) is 5.60 Å². The first-order chi connectivity index (χ1) is 10.00. The molecule has 2 N–H and O–H groups in total. The molecule has 1 aromatic carbocycles. The van der Waals surface area contributed by atoms with Crippen LogP contribution in [0.25, 0.3) is 0 Å². The Hall–Kier alpha value is -1.02. The molecule has 0 saturated heterocycles. The van der Waals surface area contributed by atoms with Crippen molar-refractivity contribution in [1.29, 1.82) is 0 Å². The molecule has 2 nitrogen and oxygen atoms in total. The average Bonchev–Trinajstić information content (AvgIpc) is 3.08. The number of fused-ring (bicyclic) bond motifs is 3. The van der Waals surface area contributed by atoms with E-state index in [4.69, 9.17) is 10.5 Å². The summed E-state index contributed by atoms with van der Waals surface area (Å²) in [5.74, 6) is 3.91. The van der Waals surface area contributed by atoms with E-state index in [1.807, 2.05) is 0 Å². The minimum atomic E-state index is -0.0599. The number of benzene rings is 1. The van der Waals surface area contributed by atoms with E-state index in [0.717, 1.165) is 29.9 Å². The van der Waals surface area contributed by atoms with E-state index < -0.39 is 0 Å². The molecular formula is C19H27NO. The van der Waals surface area contributed by atoms with Gasteiger partial charge in [-0.2, -0.15) is 0 Å². The van der Waals surface area contributed by atoms with Crippen molar-refractivity contribution in [2.24, 2.45) is 23.5 Å². The Balaban J connectivity index is 1.47. The van der Waals surface area contributed by atoms with E-state index in [1.165, 1.54) is 43.2 Å². The van der Waals surface area contributed by atoms with Crippen LogP contribution >= 0.6 is 0 Å². The minimum absolute atomic E-state index is 0.0599. The van der Waals surface area contributed by atoms with Crippen molar-refractivity contribution in [3.8, 4) is 5.75 Å². The third-order valence-electron chi connectivity index (χ3n) is 5.96. The largest absolute Gasteiger partial charge is 0.487 e. The van der Waals surface area contributed by atoms with E-state index >= 15 is 0 Å². The summed E-state index contributed by atoms with van der Waals surface area (Å²) in [7, 11) is 0. The lowest BCUT2D eigenvalue weighted by molar-refractivity contribution is 0.138. The molecule has 2 fully saturated rings. The molecule has 1 aliphatic heterocycles. The first-order valence-corrected chi connectivity index (χ1v) is 8.57. The van der Waals surface area contributed by atoms with Crippen molar-refractivity contribution in [1.82, 2.24) is 0 Å². The minimum Gasteiger partial charge on any atom is -0.487 e. The zero-order chi connectivity index (χ0) is 14.6. The van der Waals surface area contributed by atoms with Crippen molar-refractivity contribution in [2.45, 2.75) is 64.0 Å². The van der Waals surface area contributed by atoms with Crippen molar-refractivity contribution in [2.75, 3.05) is 0 Å². The van der Waals surface area contributed by atoms with Gasteiger partial charge in [0.15, 0.2) is 0 Å². The Morgan fingerprint density at radius 2 is 2.14 bits per heavy atom. The van der Waals surface area contributed by atoms with Crippen LogP contribution < -0.4 is 10.5 Å². The third-order valence-corrected chi connectivity index (χ3v) is 5.96. The van der Waals surface area contributed by atoms with Gasteiger partial charge in [0, 0.05) is 12.5 Å². The first kappa shape index (κ1) is 13.6. The van der Waals surface area contributed by atoms with Crippen LogP contribution in [0.3, 0.4) is 0 Å². The standard InChI is InChI=1S/C19H27NO/c1-19(2)11-16-9-14(5-6-18(16)21-19)17(20)10-15-8-12-3-4-13(15)7-12/h5-6,9,12-13,15,17H,3-4,7-8,10-11,20H2,1-2H3. The van der Waals surface area contributed by atoms with Gasteiger partial charge in [-0.1, -0.05) is 18.6 Å². The fraction of sp³-hybridized carbons (Fsp3) is 0.684. The topological polar surface area (TPSA) is 35.2 Å². The molecule has 0 radical (unpaired) electrons. The lowest BCUT2D eigenvalue weighted by Crippen LogP contribution is -2.24. The van der Waals surface area contributed by atoms with Crippen molar-refractivity contribution >= 4 is 0 Å². The SMILES string of the molecule is CC1(C)Cc2cc(C(N)CC3CC4CCC3C4)ccc2O1. The van der Waals surface area contributed by atoms with Gasteiger partial charge in [0.05, 0.1) is 0 Å². The predicted molar refractivity (Wildman–Crippen MR) is 85.3 cm³/mol. The molecule has 1 heterocycles. The van der Waals surface area contributed by atoms with Gasteiger partial charge >= 0.3 is 0 Å². The zero-order valence-corrected chi connectivity index (χ0v) is 13.3. The number of rotatable bonds is 3. The quantitative estimate of drug-likeness (QED) is 0.902. The van der Waals surface area contributed by atoms with Gasteiger partial charge in [0.1, 0.15) is 11.4 Å². The molecule has 4 unspecified atom stereocenters. The highest BCUT2D eigenvalue weighted by Crippen LogP contribution is 2.50. The molecule has 2 aliphatic carbocycles. The average molecular weight is 285 g/mol. The Kier molecular flexibility index (Phi) is 3.08. The zero-order valence-electron chi connectivity index (χ0n) is 13.3. The van der Waals surface area contributed by atoms with Gasteiger partial charge < -0.3 is 10.5 Å². The Labute approximate surface area is 128 Å². The lowest BCUT2D eigenvalue weighted by atomic mass is 9.83. The Morgan fingerprint density at radius 3 is 2.86 bits per heavy atom. The molecule has 21 heavy (non-hydrogen) atoms. The van der Waals surface area contributed by atoms with E-state index in [9.17, 15) is 0 Å². The summed E-state index contributed by atoms with van der Waals surface area (Å²) in [6.07, 6.45) is 8.00. The molecule has 0 aromatic heterocycles. The second-order valence-electron chi connectivity index (χ2n) is 8.18. The number of hydrogen-bond donors (Lipinski definition) is 1. The molecule has 4 atom stereocenters. The van der Waals surface area contributed by atoms with Crippen LogP contribution in [0.2, 0.25) is 0 Å². The van der Waals surface area contributed by atoms with Gasteiger partial charge in [-0.15, -0.1) is 0 Å². The van der Waals surface area contributed by atoms with Crippen LogP contribution in [0, 0.1) is 17.8 Å². The molecule has 4 rings (SSSR count). The van der Waals surface area contributed by atoms with Crippen molar-refractivity contribution in [3.05, 3.63) is 29.3 Å². The summed E-state index contributed by atoms with van der Waals surface area (Å²) in [6, 6.07) is 6.79. The Morgan fingerprint density at radius 1 is 1.29 bits per heavy atom. The van der Waals surface area contributed by atoms with Crippen molar-refractivity contribution < 1.29 is 4.74 Å². The number of ether oxygens (including phenoxy) is 1. The van der Waals surface area contributed by atoms with Crippen LogP contribution in [-0.2, 0) is 6.42 Å². The van der Waals surface area contributed by atoms with Crippen molar-refractivity contribution in [3.63, 3.8) is 0 Å². The van der Waals surface area contributed by atoms with Crippen LogP contribution in [0.5, 0.6) is 5.75 Å². The van der Waals surface area contributed by atoms with E-state index in [2.05, 4.69) is 32.0 Å². The highest BCUT2D eigenvalue weighted by Gasteiger charge is 2.40. The third kappa shape index (κ3) is 2.48. The maximum Gasteiger partial charge on any atom is 0.123 e. The summed E-state index contributed by atoms with van der Waals surface area (Å²) < 4.78 is 5.96. The maximum absolute atomic E-state index is 6.53. The normalized spacial score (nSPS) is 33.8. The lowest BCUT2D eigenvalue weighted by Gasteiger charge is -2.25. The molecule has 2 bridgehead atoms. The van der Waals surface area contributed by atoms with Crippen LogP contribution in [0.4, 0.5) is 0 Å². The summed E-state index contributed by atoms with van der Waals surface area (Å²) in [5, 5.41) is 0. The van der Waals surface area contributed by atoms with Gasteiger partial charge in [0.25, 0.3) is 0 Å². The fourth-order valence-electron chi connectivity index (χ4n) is 4.99. The molecule has 3 aliphatic rings. The molecular weight excluding hydrogens is 258 g/mol. The molecule has 2 heteroatoms. The van der Waals surface area contributed by atoms with Gasteiger partial charge in [-0.25, -0.2) is 0 Å².